The van der Waals surface area contributed by atoms with E-state index >= 15 is 0 Å². The van der Waals surface area contributed by atoms with Crippen LogP contribution >= 0.6 is 31.9 Å². The number of carbonyl (C=O) groups is 1. The van der Waals surface area contributed by atoms with Crippen LogP contribution in [-0.4, -0.2) is 37.0 Å². The molecule has 5 heteroatoms. The van der Waals surface area contributed by atoms with Crippen LogP contribution in [0.3, 0.4) is 0 Å². The molecular formula is C13H16Br2N2O. The molecule has 0 radical (unpaired) electrons. The van der Waals surface area contributed by atoms with Crippen LogP contribution in [0.15, 0.2) is 27.1 Å². The van der Waals surface area contributed by atoms with Crippen LogP contribution in [0.5, 0.6) is 0 Å². The van der Waals surface area contributed by atoms with E-state index in [1.807, 2.05) is 18.2 Å². The molecule has 98 valence electrons. The number of carbonyl (C=O) groups excluding carboxylic acids is 1. The van der Waals surface area contributed by atoms with Crippen molar-refractivity contribution in [3.63, 3.8) is 0 Å². The van der Waals surface area contributed by atoms with Gasteiger partial charge in [0.15, 0.2) is 0 Å². The van der Waals surface area contributed by atoms with Crippen LogP contribution in [0.2, 0.25) is 0 Å². The van der Waals surface area contributed by atoms with Crippen LogP contribution in [-0.2, 0) is 0 Å². The molecular weight excluding hydrogens is 360 g/mol. The molecule has 1 fully saturated rings. The zero-order chi connectivity index (χ0) is 13.1. The van der Waals surface area contributed by atoms with E-state index in [2.05, 4.69) is 49.1 Å². The first-order valence-corrected chi connectivity index (χ1v) is 7.60. The zero-order valence-corrected chi connectivity index (χ0v) is 13.4. The molecule has 1 aromatic rings. The number of benzene rings is 1. The zero-order valence-electron chi connectivity index (χ0n) is 10.2. The van der Waals surface area contributed by atoms with E-state index in [1.165, 1.54) is 12.8 Å². The minimum atomic E-state index is -0.0291. The van der Waals surface area contributed by atoms with Gasteiger partial charge in [-0.1, -0.05) is 15.9 Å². The summed E-state index contributed by atoms with van der Waals surface area (Å²) in [4.78, 5) is 14.3. The highest BCUT2D eigenvalue weighted by Gasteiger charge is 2.25. The van der Waals surface area contributed by atoms with Gasteiger partial charge < -0.3 is 10.2 Å². The number of nitrogens with one attached hydrogen (secondary N) is 1. The molecule has 0 saturated heterocycles. The third kappa shape index (κ3) is 3.80. The predicted molar refractivity (Wildman–Crippen MR) is 79.8 cm³/mol. The summed E-state index contributed by atoms with van der Waals surface area (Å²) in [5.41, 5.74) is 0.673. The molecule has 18 heavy (non-hydrogen) atoms. The lowest BCUT2D eigenvalue weighted by Gasteiger charge is -2.15. The molecule has 2 rings (SSSR count). The summed E-state index contributed by atoms with van der Waals surface area (Å²) >= 11 is 6.77. The molecule has 1 N–H and O–H groups in total. The number of nitrogens with zero attached hydrogens (tertiary/aromatic N) is 1. The largest absolute Gasteiger partial charge is 0.351 e. The first-order valence-electron chi connectivity index (χ1n) is 6.01. The number of hydrogen-bond donors (Lipinski definition) is 1. The molecule has 1 aliphatic carbocycles. The summed E-state index contributed by atoms with van der Waals surface area (Å²) < 4.78 is 1.77. The summed E-state index contributed by atoms with van der Waals surface area (Å²) in [6, 6.07) is 6.30. The maximum atomic E-state index is 12.0. The fraction of sp³-hybridized carbons (Fsp3) is 0.462. The van der Waals surface area contributed by atoms with Crippen molar-refractivity contribution in [3.05, 3.63) is 32.7 Å². The van der Waals surface area contributed by atoms with Gasteiger partial charge in [-0.15, -0.1) is 0 Å². The van der Waals surface area contributed by atoms with Crippen LogP contribution in [0.1, 0.15) is 23.2 Å². The molecule has 0 bridgehead atoms. The Kier molecular flexibility index (Phi) is 4.81. The predicted octanol–water partition coefficient (Wildman–Crippen LogP) is 3.04. The Morgan fingerprint density at radius 1 is 1.44 bits per heavy atom. The van der Waals surface area contributed by atoms with Gasteiger partial charge in [-0.3, -0.25) is 4.79 Å². The van der Waals surface area contributed by atoms with E-state index in [4.69, 9.17) is 0 Å². The Morgan fingerprint density at radius 2 is 2.17 bits per heavy atom. The molecule has 1 saturated carbocycles. The van der Waals surface area contributed by atoms with Crippen molar-refractivity contribution < 1.29 is 4.79 Å². The van der Waals surface area contributed by atoms with E-state index in [0.717, 1.165) is 21.5 Å². The summed E-state index contributed by atoms with van der Waals surface area (Å²) in [5.74, 6) is -0.0291. The van der Waals surface area contributed by atoms with Gasteiger partial charge in [-0.2, -0.15) is 0 Å². The maximum absolute atomic E-state index is 12.0. The van der Waals surface area contributed by atoms with Gasteiger partial charge in [0, 0.05) is 28.1 Å². The number of likely N-dealkylation sites (N-methyl/N-ethyl adjacent to an activating group) is 1. The van der Waals surface area contributed by atoms with E-state index < -0.39 is 0 Å². The Bertz CT molecular complexity index is 447. The van der Waals surface area contributed by atoms with E-state index in [0.29, 0.717) is 12.1 Å². The highest BCUT2D eigenvalue weighted by Crippen LogP contribution is 2.24. The van der Waals surface area contributed by atoms with Gasteiger partial charge in [0.25, 0.3) is 5.91 Å². The van der Waals surface area contributed by atoms with Crippen molar-refractivity contribution in [1.29, 1.82) is 0 Å². The molecule has 0 heterocycles. The van der Waals surface area contributed by atoms with Crippen LogP contribution in [0, 0.1) is 0 Å². The SMILES string of the molecule is CN(CCNC(=O)c1ccc(Br)cc1Br)C1CC1. The topological polar surface area (TPSA) is 32.3 Å². The highest BCUT2D eigenvalue weighted by atomic mass is 79.9. The van der Waals surface area contributed by atoms with Crippen molar-refractivity contribution in [2.24, 2.45) is 0 Å². The second-order valence-corrected chi connectivity index (χ2v) is 6.36. The number of hydrogen-bond acceptors (Lipinski definition) is 2. The van der Waals surface area contributed by atoms with Crippen LogP contribution < -0.4 is 5.32 Å². The summed E-state index contributed by atoms with van der Waals surface area (Å²) in [7, 11) is 2.11. The number of halogens is 2. The van der Waals surface area contributed by atoms with Gasteiger partial charge >= 0.3 is 0 Å². The van der Waals surface area contributed by atoms with Crippen molar-refractivity contribution in [2.45, 2.75) is 18.9 Å². The number of rotatable bonds is 5. The van der Waals surface area contributed by atoms with Gasteiger partial charge in [-0.05, 0) is 54.0 Å². The molecule has 0 aromatic heterocycles. The normalized spacial score (nSPS) is 14.9. The van der Waals surface area contributed by atoms with Crippen molar-refractivity contribution in [1.82, 2.24) is 10.2 Å². The Balaban J connectivity index is 1.83. The van der Waals surface area contributed by atoms with Crippen LogP contribution in [0.4, 0.5) is 0 Å². The van der Waals surface area contributed by atoms with E-state index in [1.54, 1.807) is 0 Å². The summed E-state index contributed by atoms with van der Waals surface area (Å²) in [5, 5.41) is 2.95. The van der Waals surface area contributed by atoms with Gasteiger partial charge in [-0.25, -0.2) is 0 Å². The Hall–Kier alpha value is -0.390. The third-order valence-corrected chi connectivity index (χ3v) is 4.25. The number of amides is 1. The standard InChI is InChI=1S/C13H16Br2N2O/c1-17(10-3-4-10)7-6-16-13(18)11-5-2-9(14)8-12(11)15/h2,5,8,10H,3-4,6-7H2,1H3,(H,16,18). The van der Waals surface area contributed by atoms with E-state index in [-0.39, 0.29) is 5.91 Å². The monoisotopic (exact) mass is 374 g/mol. The molecule has 1 amide bonds. The average molecular weight is 376 g/mol. The second kappa shape index (κ2) is 6.17. The summed E-state index contributed by atoms with van der Waals surface area (Å²) in [6.45, 7) is 1.60. The molecule has 1 aromatic carbocycles. The first kappa shape index (κ1) is 14.0. The fourth-order valence-electron chi connectivity index (χ4n) is 1.81. The van der Waals surface area contributed by atoms with Gasteiger partial charge in [0.05, 0.1) is 5.56 Å². The van der Waals surface area contributed by atoms with Crippen molar-refractivity contribution >= 4 is 37.8 Å². The smallest absolute Gasteiger partial charge is 0.252 e. The Morgan fingerprint density at radius 3 is 2.78 bits per heavy atom. The molecule has 1 aliphatic rings. The fourth-order valence-corrected chi connectivity index (χ4v) is 3.04. The molecule has 0 spiro atoms. The molecule has 0 aliphatic heterocycles. The van der Waals surface area contributed by atoms with Crippen LogP contribution in [0.25, 0.3) is 0 Å². The lowest BCUT2D eigenvalue weighted by Crippen LogP contribution is -2.34. The average Bonchev–Trinajstić information content (AvgIpc) is 3.12. The lowest BCUT2D eigenvalue weighted by molar-refractivity contribution is 0.0948. The minimum Gasteiger partial charge on any atom is -0.351 e. The van der Waals surface area contributed by atoms with E-state index in [9.17, 15) is 4.79 Å². The Labute approximate surface area is 124 Å². The maximum Gasteiger partial charge on any atom is 0.252 e. The van der Waals surface area contributed by atoms with Crippen molar-refractivity contribution in [3.8, 4) is 0 Å². The minimum absolute atomic E-state index is 0.0291. The molecule has 0 atom stereocenters. The molecule has 3 nitrogen and oxygen atoms in total. The quantitative estimate of drug-likeness (QED) is 0.857. The lowest BCUT2D eigenvalue weighted by atomic mass is 10.2. The summed E-state index contributed by atoms with van der Waals surface area (Å²) in [6.07, 6.45) is 2.59. The molecule has 0 unspecified atom stereocenters. The first-order chi connectivity index (χ1) is 8.58. The van der Waals surface area contributed by atoms with Gasteiger partial charge in [0.1, 0.15) is 0 Å². The highest BCUT2D eigenvalue weighted by molar-refractivity contribution is 9.11. The van der Waals surface area contributed by atoms with Crippen molar-refractivity contribution in [2.75, 3.05) is 20.1 Å². The third-order valence-electron chi connectivity index (χ3n) is 3.10. The van der Waals surface area contributed by atoms with Gasteiger partial charge in [0.2, 0.25) is 0 Å². The second-order valence-electron chi connectivity index (χ2n) is 4.59.